The molecule has 0 aliphatic heterocycles. The summed E-state index contributed by atoms with van der Waals surface area (Å²) in [5.74, 6) is -0.538. The third kappa shape index (κ3) is 3.06. The number of rotatable bonds is 4. The molecule has 0 bridgehead atoms. The zero-order chi connectivity index (χ0) is 14.7. The molecule has 2 aromatic rings. The van der Waals surface area contributed by atoms with Gasteiger partial charge in [0.2, 0.25) is 0 Å². The predicted molar refractivity (Wildman–Crippen MR) is 73.3 cm³/mol. The molecule has 0 saturated carbocycles. The summed E-state index contributed by atoms with van der Waals surface area (Å²) in [4.78, 5) is 30.9. The van der Waals surface area contributed by atoms with Crippen molar-refractivity contribution in [2.45, 2.75) is 13.5 Å². The summed E-state index contributed by atoms with van der Waals surface area (Å²) < 4.78 is 0. The molecular weight excluding hydrogens is 282 g/mol. The molecule has 8 nitrogen and oxygen atoms in total. The van der Waals surface area contributed by atoms with E-state index in [1.807, 2.05) is 6.92 Å². The van der Waals surface area contributed by atoms with Crippen molar-refractivity contribution in [3.05, 3.63) is 44.0 Å². The van der Waals surface area contributed by atoms with Crippen molar-refractivity contribution < 1.29 is 9.72 Å². The first-order valence-electron chi connectivity index (χ1n) is 5.57. The minimum absolute atomic E-state index is 0.0471. The van der Waals surface area contributed by atoms with Gasteiger partial charge in [-0.3, -0.25) is 14.9 Å². The van der Waals surface area contributed by atoms with Gasteiger partial charge in [0.1, 0.15) is 22.6 Å². The number of pyridine rings is 1. The van der Waals surface area contributed by atoms with Crippen molar-refractivity contribution in [1.82, 2.24) is 15.3 Å². The summed E-state index contributed by atoms with van der Waals surface area (Å²) in [7, 11) is 0. The number of aromatic nitrogens is 2. The van der Waals surface area contributed by atoms with Crippen LogP contribution in [0.4, 0.5) is 11.5 Å². The van der Waals surface area contributed by atoms with Gasteiger partial charge in [-0.25, -0.2) is 9.97 Å². The van der Waals surface area contributed by atoms with Crippen LogP contribution in [0.2, 0.25) is 0 Å². The molecule has 1 amide bonds. The van der Waals surface area contributed by atoms with Crippen LogP contribution in [0, 0.1) is 17.0 Å². The second-order valence-electron chi connectivity index (χ2n) is 3.93. The fourth-order valence-corrected chi connectivity index (χ4v) is 2.25. The van der Waals surface area contributed by atoms with Crippen LogP contribution < -0.4 is 11.1 Å². The number of carbonyl (C=O) groups excluding carboxylic acids is 1. The number of anilines is 1. The third-order valence-electron chi connectivity index (χ3n) is 2.41. The molecule has 20 heavy (non-hydrogen) atoms. The molecule has 0 radical (unpaired) electrons. The van der Waals surface area contributed by atoms with Gasteiger partial charge in [-0.1, -0.05) is 0 Å². The van der Waals surface area contributed by atoms with Crippen LogP contribution in [0.5, 0.6) is 0 Å². The Balaban J connectivity index is 2.16. The van der Waals surface area contributed by atoms with E-state index in [0.29, 0.717) is 0 Å². The number of aryl methyl sites for hydroxylation is 1. The van der Waals surface area contributed by atoms with E-state index in [9.17, 15) is 14.9 Å². The summed E-state index contributed by atoms with van der Waals surface area (Å²) >= 11 is 1.44. The molecular formula is C11H11N5O3S. The highest BCUT2D eigenvalue weighted by molar-refractivity contribution is 7.11. The number of hydrogen-bond acceptors (Lipinski definition) is 7. The van der Waals surface area contributed by atoms with E-state index in [4.69, 9.17) is 5.73 Å². The lowest BCUT2D eigenvalue weighted by Gasteiger charge is -2.04. The predicted octanol–water partition coefficient (Wildman–Crippen LogP) is 1.27. The van der Waals surface area contributed by atoms with E-state index in [1.165, 1.54) is 17.4 Å². The van der Waals surface area contributed by atoms with Crippen LogP contribution in [0.3, 0.4) is 0 Å². The van der Waals surface area contributed by atoms with Gasteiger partial charge in [0, 0.05) is 11.1 Å². The smallest absolute Gasteiger partial charge is 0.300 e. The van der Waals surface area contributed by atoms with Gasteiger partial charge >= 0.3 is 0 Å². The van der Waals surface area contributed by atoms with Gasteiger partial charge < -0.3 is 11.1 Å². The Kier molecular flexibility index (Phi) is 3.89. The number of nitrogens with two attached hydrogens (primary N) is 1. The number of thiazole rings is 1. The Bertz CT molecular complexity index is 670. The lowest BCUT2D eigenvalue weighted by Crippen LogP contribution is -2.24. The summed E-state index contributed by atoms with van der Waals surface area (Å²) in [6.07, 6.45) is 2.66. The van der Waals surface area contributed by atoms with Gasteiger partial charge in [-0.15, -0.1) is 11.3 Å². The Morgan fingerprint density at radius 2 is 2.25 bits per heavy atom. The molecule has 9 heteroatoms. The van der Waals surface area contributed by atoms with E-state index in [0.717, 1.165) is 16.1 Å². The van der Waals surface area contributed by atoms with E-state index in [1.54, 1.807) is 6.20 Å². The van der Waals surface area contributed by atoms with Crippen molar-refractivity contribution in [3.8, 4) is 0 Å². The normalized spacial score (nSPS) is 10.2. The van der Waals surface area contributed by atoms with Gasteiger partial charge in [-0.2, -0.15) is 0 Å². The first-order valence-corrected chi connectivity index (χ1v) is 6.38. The van der Waals surface area contributed by atoms with E-state index < -0.39 is 10.8 Å². The molecule has 2 aromatic heterocycles. The number of nitrogens with zero attached hydrogens (tertiary/aromatic N) is 3. The Morgan fingerprint density at radius 1 is 1.50 bits per heavy atom. The second-order valence-corrected chi connectivity index (χ2v) is 5.25. The molecule has 0 spiro atoms. The van der Waals surface area contributed by atoms with Crippen molar-refractivity contribution >= 4 is 28.7 Å². The van der Waals surface area contributed by atoms with Crippen molar-refractivity contribution in [3.63, 3.8) is 0 Å². The number of nitro groups is 1. The molecule has 0 aliphatic rings. The second kappa shape index (κ2) is 5.61. The van der Waals surface area contributed by atoms with E-state index in [-0.39, 0.29) is 23.6 Å². The largest absolute Gasteiger partial charge is 0.384 e. The third-order valence-corrected chi connectivity index (χ3v) is 3.33. The average molecular weight is 293 g/mol. The summed E-state index contributed by atoms with van der Waals surface area (Å²) in [6, 6.07) is 1.18. The van der Waals surface area contributed by atoms with Crippen LogP contribution in [0.15, 0.2) is 18.5 Å². The van der Waals surface area contributed by atoms with Gasteiger partial charge in [0.25, 0.3) is 11.6 Å². The van der Waals surface area contributed by atoms with E-state index >= 15 is 0 Å². The van der Waals surface area contributed by atoms with Crippen LogP contribution in [0.25, 0.3) is 0 Å². The van der Waals surface area contributed by atoms with Crippen molar-refractivity contribution in [1.29, 1.82) is 0 Å². The SMILES string of the molecule is Cc1cnc(CNC(=O)c2cc(N)ncc2[N+](=O)[O-])s1. The topological polar surface area (TPSA) is 124 Å². The first-order chi connectivity index (χ1) is 9.47. The molecule has 3 N–H and O–H groups in total. The molecule has 2 rings (SSSR count). The number of hydrogen-bond donors (Lipinski definition) is 2. The fraction of sp³-hybridized carbons (Fsp3) is 0.182. The molecule has 2 heterocycles. The number of nitrogen functional groups attached to an aromatic ring is 1. The minimum Gasteiger partial charge on any atom is -0.384 e. The molecule has 104 valence electrons. The molecule has 0 aromatic carbocycles. The van der Waals surface area contributed by atoms with Crippen LogP contribution >= 0.6 is 11.3 Å². The molecule has 0 aliphatic carbocycles. The minimum atomic E-state index is -0.672. The molecule has 0 unspecified atom stereocenters. The molecule has 0 saturated heterocycles. The maximum absolute atomic E-state index is 12.0. The lowest BCUT2D eigenvalue weighted by molar-refractivity contribution is -0.385. The van der Waals surface area contributed by atoms with Gasteiger partial charge in [0.05, 0.1) is 11.5 Å². The van der Waals surface area contributed by atoms with Crippen molar-refractivity contribution in [2.75, 3.05) is 5.73 Å². The van der Waals surface area contributed by atoms with Crippen molar-refractivity contribution in [2.24, 2.45) is 0 Å². The Morgan fingerprint density at radius 3 is 2.85 bits per heavy atom. The summed E-state index contributed by atoms with van der Waals surface area (Å²) in [5, 5.41) is 14.1. The van der Waals surface area contributed by atoms with Crippen LogP contribution in [-0.4, -0.2) is 20.8 Å². The lowest BCUT2D eigenvalue weighted by atomic mass is 10.2. The highest BCUT2D eigenvalue weighted by atomic mass is 32.1. The quantitative estimate of drug-likeness (QED) is 0.646. The fourth-order valence-electron chi connectivity index (χ4n) is 1.53. The highest BCUT2D eigenvalue weighted by Gasteiger charge is 2.21. The van der Waals surface area contributed by atoms with Crippen LogP contribution in [0.1, 0.15) is 20.2 Å². The number of amides is 1. The average Bonchev–Trinajstić information content (AvgIpc) is 2.81. The molecule has 0 atom stereocenters. The summed E-state index contributed by atoms with van der Waals surface area (Å²) in [5.41, 5.74) is 4.95. The van der Waals surface area contributed by atoms with E-state index in [2.05, 4.69) is 15.3 Å². The number of carbonyl (C=O) groups is 1. The summed E-state index contributed by atoms with van der Waals surface area (Å²) in [6.45, 7) is 2.11. The number of nitrogens with one attached hydrogen (secondary N) is 1. The van der Waals surface area contributed by atoms with Gasteiger partial charge in [0.15, 0.2) is 0 Å². The standard InChI is InChI=1S/C11H11N5O3S/c1-6-3-14-10(20-6)5-15-11(17)7-2-9(12)13-4-8(7)16(18)19/h2-4H,5H2,1H3,(H2,12,13)(H,15,17). The monoisotopic (exact) mass is 293 g/mol. The molecule has 0 fully saturated rings. The maximum Gasteiger partial charge on any atom is 0.300 e. The zero-order valence-electron chi connectivity index (χ0n) is 10.5. The Hall–Kier alpha value is -2.55. The Labute approximate surface area is 117 Å². The zero-order valence-corrected chi connectivity index (χ0v) is 11.3. The first kappa shape index (κ1) is 13.9. The highest BCUT2D eigenvalue weighted by Crippen LogP contribution is 2.19. The van der Waals surface area contributed by atoms with Crippen LogP contribution in [-0.2, 0) is 6.54 Å². The maximum atomic E-state index is 12.0. The van der Waals surface area contributed by atoms with Gasteiger partial charge in [-0.05, 0) is 13.0 Å².